The molecule has 1 saturated heterocycles. The minimum absolute atomic E-state index is 0.135. The first-order valence-electron chi connectivity index (χ1n) is 5.80. The molecule has 7 heteroatoms. The van der Waals surface area contributed by atoms with Crippen LogP contribution >= 0.6 is 0 Å². The van der Waals surface area contributed by atoms with Crippen LogP contribution in [0.5, 0.6) is 0 Å². The quantitative estimate of drug-likeness (QED) is 0.876. The highest BCUT2D eigenvalue weighted by molar-refractivity contribution is 7.89. The number of aryl methyl sites for hydroxylation is 1. The summed E-state index contributed by atoms with van der Waals surface area (Å²) in [5, 5.41) is 9.26. The van der Waals surface area contributed by atoms with E-state index in [0.29, 0.717) is 12.8 Å². The second-order valence-corrected chi connectivity index (χ2v) is 6.26. The topological polar surface area (TPSA) is 79.6 Å². The van der Waals surface area contributed by atoms with Gasteiger partial charge in [-0.15, -0.1) is 0 Å². The van der Waals surface area contributed by atoms with Crippen molar-refractivity contribution < 1.29 is 18.3 Å². The smallest absolute Gasteiger partial charge is 0.322 e. The predicted molar refractivity (Wildman–Crippen MR) is 64.6 cm³/mol. The van der Waals surface area contributed by atoms with Crippen molar-refractivity contribution in [1.82, 2.24) is 8.87 Å². The molecule has 1 aromatic rings. The van der Waals surface area contributed by atoms with E-state index in [2.05, 4.69) is 0 Å². The summed E-state index contributed by atoms with van der Waals surface area (Å²) in [6, 6.07) is 2.17. The van der Waals surface area contributed by atoms with Crippen LogP contribution in [0.2, 0.25) is 0 Å². The maximum atomic E-state index is 12.4. The molecule has 0 aromatic carbocycles. The van der Waals surface area contributed by atoms with E-state index in [-0.39, 0.29) is 11.6 Å². The minimum atomic E-state index is -3.73. The van der Waals surface area contributed by atoms with Crippen LogP contribution in [0.4, 0.5) is 0 Å². The molecule has 0 aliphatic carbocycles. The summed E-state index contributed by atoms with van der Waals surface area (Å²) in [4.78, 5) is 11.2. The predicted octanol–water partition coefficient (Wildman–Crippen LogP) is 0.653. The molecule has 1 aliphatic heterocycles. The van der Waals surface area contributed by atoms with Gasteiger partial charge in [0.05, 0.1) is 0 Å². The van der Waals surface area contributed by atoms with Gasteiger partial charge in [-0.1, -0.05) is 0 Å². The summed E-state index contributed by atoms with van der Waals surface area (Å²) in [7, 11) is -2.10. The van der Waals surface area contributed by atoms with Crippen LogP contribution in [0.25, 0.3) is 0 Å². The molecule has 0 spiro atoms. The lowest BCUT2D eigenvalue weighted by atomic mass is 10.1. The van der Waals surface area contributed by atoms with E-state index in [1.54, 1.807) is 19.3 Å². The second kappa shape index (κ2) is 4.74. The van der Waals surface area contributed by atoms with Gasteiger partial charge < -0.3 is 9.67 Å². The van der Waals surface area contributed by atoms with Crippen molar-refractivity contribution in [3.8, 4) is 0 Å². The Kier molecular flexibility index (Phi) is 3.45. The molecule has 1 aliphatic rings. The number of piperidine rings is 1. The number of carboxylic acid groups (broad SMARTS) is 1. The number of nitrogens with zero attached hydrogens (tertiary/aromatic N) is 2. The molecule has 1 fully saturated rings. The SMILES string of the molecule is Cn1cccc1S(=O)(=O)N1CCCCC1C(=O)O. The monoisotopic (exact) mass is 272 g/mol. The van der Waals surface area contributed by atoms with Gasteiger partial charge in [-0.2, -0.15) is 4.31 Å². The first-order chi connectivity index (χ1) is 8.44. The number of hydrogen-bond acceptors (Lipinski definition) is 3. The Morgan fingerprint density at radius 3 is 2.72 bits per heavy atom. The van der Waals surface area contributed by atoms with Gasteiger partial charge in [0, 0.05) is 19.8 Å². The summed E-state index contributed by atoms with van der Waals surface area (Å²) in [6.07, 6.45) is 3.45. The summed E-state index contributed by atoms with van der Waals surface area (Å²) in [5.74, 6) is -1.08. The van der Waals surface area contributed by atoms with E-state index >= 15 is 0 Å². The van der Waals surface area contributed by atoms with Crippen molar-refractivity contribution in [3.63, 3.8) is 0 Å². The summed E-state index contributed by atoms with van der Waals surface area (Å²) < 4.78 is 27.4. The van der Waals surface area contributed by atoms with Crippen molar-refractivity contribution in [1.29, 1.82) is 0 Å². The Bertz CT molecular complexity index is 549. The largest absolute Gasteiger partial charge is 0.480 e. The van der Waals surface area contributed by atoms with Gasteiger partial charge in [-0.05, 0) is 31.4 Å². The fourth-order valence-electron chi connectivity index (χ4n) is 2.27. The maximum Gasteiger partial charge on any atom is 0.322 e. The molecular formula is C11H16N2O4S. The average molecular weight is 272 g/mol. The molecule has 0 saturated carbocycles. The Morgan fingerprint density at radius 2 is 2.17 bits per heavy atom. The third-order valence-electron chi connectivity index (χ3n) is 3.21. The second-order valence-electron chi connectivity index (χ2n) is 4.42. The highest BCUT2D eigenvalue weighted by Crippen LogP contribution is 2.25. The van der Waals surface area contributed by atoms with Crippen LogP contribution in [-0.2, 0) is 21.9 Å². The van der Waals surface area contributed by atoms with Crippen LogP contribution in [0, 0.1) is 0 Å². The maximum absolute atomic E-state index is 12.4. The normalized spacial score (nSPS) is 21.9. The van der Waals surface area contributed by atoms with Crippen molar-refractivity contribution in [2.24, 2.45) is 7.05 Å². The van der Waals surface area contributed by atoms with Gasteiger partial charge in [0.2, 0.25) is 0 Å². The minimum Gasteiger partial charge on any atom is -0.480 e. The first-order valence-corrected chi connectivity index (χ1v) is 7.24. The Labute approximate surface area is 106 Å². The molecule has 1 N–H and O–H groups in total. The zero-order valence-electron chi connectivity index (χ0n) is 10.1. The van der Waals surface area contributed by atoms with Gasteiger partial charge in [-0.25, -0.2) is 8.42 Å². The fourth-order valence-corrected chi connectivity index (χ4v) is 4.09. The third kappa shape index (κ3) is 2.15. The molecule has 2 rings (SSSR count). The van der Waals surface area contributed by atoms with E-state index in [4.69, 9.17) is 5.11 Å². The van der Waals surface area contributed by atoms with Crippen LogP contribution in [0.1, 0.15) is 19.3 Å². The summed E-state index contributed by atoms with van der Waals surface area (Å²) in [5.41, 5.74) is 0. The molecule has 100 valence electrons. The lowest BCUT2D eigenvalue weighted by Crippen LogP contribution is -2.48. The summed E-state index contributed by atoms with van der Waals surface area (Å²) in [6.45, 7) is 0.268. The molecule has 18 heavy (non-hydrogen) atoms. The van der Waals surface area contributed by atoms with E-state index in [9.17, 15) is 13.2 Å². The highest BCUT2D eigenvalue weighted by atomic mass is 32.2. The molecular weight excluding hydrogens is 256 g/mol. The van der Waals surface area contributed by atoms with E-state index < -0.39 is 22.0 Å². The van der Waals surface area contributed by atoms with Crippen molar-refractivity contribution in [2.45, 2.75) is 30.3 Å². The van der Waals surface area contributed by atoms with Crippen molar-refractivity contribution in [2.75, 3.05) is 6.54 Å². The van der Waals surface area contributed by atoms with E-state index in [0.717, 1.165) is 10.7 Å². The lowest BCUT2D eigenvalue weighted by molar-refractivity contribution is -0.142. The number of aliphatic carboxylic acids is 1. The zero-order valence-corrected chi connectivity index (χ0v) is 10.9. The van der Waals surface area contributed by atoms with Crippen LogP contribution < -0.4 is 0 Å². The highest BCUT2D eigenvalue weighted by Gasteiger charge is 2.38. The fraction of sp³-hybridized carbons (Fsp3) is 0.545. The van der Waals surface area contributed by atoms with Gasteiger partial charge in [0.1, 0.15) is 11.1 Å². The number of carboxylic acids is 1. The number of sulfonamides is 1. The first kappa shape index (κ1) is 13.1. The van der Waals surface area contributed by atoms with Gasteiger partial charge in [0.15, 0.2) is 0 Å². The van der Waals surface area contributed by atoms with Crippen LogP contribution in [0.15, 0.2) is 23.4 Å². The van der Waals surface area contributed by atoms with Gasteiger partial charge in [-0.3, -0.25) is 4.79 Å². The number of hydrogen-bond donors (Lipinski definition) is 1. The van der Waals surface area contributed by atoms with Gasteiger partial charge in [0.25, 0.3) is 10.0 Å². The third-order valence-corrected chi connectivity index (χ3v) is 5.22. The molecule has 2 heterocycles. The lowest BCUT2D eigenvalue weighted by Gasteiger charge is -2.31. The molecule has 1 atom stereocenters. The van der Waals surface area contributed by atoms with Crippen molar-refractivity contribution in [3.05, 3.63) is 18.3 Å². The Balaban J connectivity index is 2.39. The molecule has 0 radical (unpaired) electrons. The molecule has 0 amide bonds. The Morgan fingerprint density at radius 1 is 1.44 bits per heavy atom. The van der Waals surface area contributed by atoms with Gasteiger partial charge >= 0.3 is 5.97 Å². The average Bonchev–Trinajstić information content (AvgIpc) is 2.76. The van der Waals surface area contributed by atoms with Crippen LogP contribution in [0.3, 0.4) is 0 Å². The number of rotatable bonds is 3. The summed E-state index contributed by atoms with van der Waals surface area (Å²) >= 11 is 0. The standard InChI is InChI=1S/C11H16N2O4S/c1-12-7-4-6-10(12)18(16,17)13-8-3-2-5-9(13)11(14)15/h4,6-7,9H,2-3,5,8H2,1H3,(H,14,15). The number of carbonyl (C=O) groups is 1. The molecule has 0 bridgehead atoms. The zero-order chi connectivity index (χ0) is 13.3. The van der Waals surface area contributed by atoms with Crippen LogP contribution in [-0.4, -0.2) is 41.0 Å². The number of aromatic nitrogens is 1. The molecule has 1 unspecified atom stereocenters. The van der Waals surface area contributed by atoms with E-state index in [1.807, 2.05) is 0 Å². The van der Waals surface area contributed by atoms with Crippen molar-refractivity contribution >= 4 is 16.0 Å². The Hall–Kier alpha value is -1.34. The molecule has 1 aromatic heterocycles. The van der Waals surface area contributed by atoms with E-state index in [1.165, 1.54) is 10.6 Å². The molecule has 6 nitrogen and oxygen atoms in total.